The first-order valence-corrected chi connectivity index (χ1v) is 10.1. The first-order chi connectivity index (χ1) is 13.7. The van der Waals surface area contributed by atoms with Crippen molar-refractivity contribution in [2.75, 3.05) is 4.90 Å². The van der Waals surface area contributed by atoms with Crippen molar-refractivity contribution in [2.45, 2.75) is 6.54 Å². The summed E-state index contributed by atoms with van der Waals surface area (Å²) in [6.45, 7) is 0.184. The van der Waals surface area contributed by atoms with Crippen LogP contribution in [0.2, 0.25) is 0 Å². The van der Waals surface area contributed by atoms with Crippen LogP contribution in [0.1, 0.15) is 15.6 Å². The van der Waals surface area contributed by atoms with Crippen LogP contribution in [0.15, 0.2) is 65.3 Å². The monoisotopic (exact) mass is 409 g/mol. The summed E-state index contributed by atoms with van der Waals surface area (Å²) in [7, 11) is 0. The van der Waals surface area contributed by atoms with E-state index in [9.17, 15) is 9.18 Å². The maximum absolute atomic E-state index is 14.1. The highest BCUT2D eigenvalue weighted by molar-refractivity contribution is 7.22. The number of para-hydroxylation sites is 2. The standard InChI is InChI=1S/C20H12FN3O2S2/c21-13-6-3-9-16-17(13)23-20(28-16)24(11-12-5-4-10-26-12)19(25)18-22-14-7-1-2-8-15(14)27-18/h1-10H,11H2. The van der Waals surface area contributed by atoms with Gasteiger partial charge in [0.2, 0.25) is 0 Å². The molecule has 0 fully saturated rings. The quantitative estimate of drug-likeness (QED) is 0.394. The molecule has 0 unspecified atom stereocenters. The number of rotatable bonds is 4. The predicted molar refractivity (Wildman–Crippen MR) is 108 cm³/mol. The molecule has 0 bridgehead atoms. The summed E-state index contributed by atoms with van der Waals surface area (Å²) in [4.78, 5) is 23.6. The Labute approximate surface area is 166 Å². The summed E-state index contributed by atoms with van der Waals surface area (Å²) in [5.74, 6) is -0.100. The number of benzene rings is 2. The Morgan fingerprint density at radius 2 is 1.86 bits per heavy atom. The van der Waals surface area contributed by atoms with Crippen LogP contribution in [-0.4, -0.2) is 15.9 Å². The Morgan fingerprint density at radius 1 is 1.00 bits per heavy atom. The molecule has 5 aromatic rings. The normalized spacial score (nSPS) is 11.3. The molecule has 0 atom stereocenters. The number of amides is 1. The molecular weight excluding hydrogens is 397 g/mol. The molecule has 0 aliphatic heterocycles. The number of anilines is 1. The van der Waals surface area contributed by atoms with Crippen LogP contribution < -0.4 is 4.90 Å². The fourth-order valence-corrected chi connectivity index (χ4v) is 4.77. The molecule has 0 aliphatic carbocycles. The van der Waals surface area contributed by atoms with Crippen LogP contribution in [-0.2, 0) is 6.54 Å². The molecule has 0 saturated carbocycles. The highest BCUT2D eigenvalue weighted by atomic mass is 32.1. The fraction of sp³-hybridized carbons (Fsp3) is 0.0500. The van der Waals surface area contributed by atoms with Crippen LogP contribution >= 0.6 is 22.7 Å². The van der Waals surface area contributed by atoms with Crippen molar-refractivity contribution < 1.29 is 13.6 Å². The zero-order valence-corrected chi connectivity index (χ0v) is 16.0. The van der Waals surface area contributed by atoms with Crippen molar-refractivity contribution in [3.05, 3.63) is 77.4 Å². The van der Waals surface area contributed by atoms with Gasteiger partial charge < -0.3 is 4.42 Å². The lowest BCUT2D eigenvalue weighted by atomic mass is 10.3. The van der Waals surface area contributed by atoms with Crippen molar-refractivity contribution >= 4 is 54.1 Å². The molecule has 3 aromatic heterocycles. The Hall–Kier alpha value is -3.10. The summed E-state index contributed by atoms with van der Waals surface area (Å²) >= 11 is 2.58. The number of aromatic nitrogens is 2. The van der Waals surface area contributed by atoms with Crippen LogP contribution in [0.5, 0.6) is 0 Å². The lowest BCUT2D eigenvalue weighted by molar-refractivity contribution is 0.0983. The molecule has 28 heavy (non-hydrogen) atoms. The van der Waals surface area contributed by atoms with Crippen molar-refractivity contribution in [3.63, 3.8) is 0 Å². The maximum atomic E-state index is 14.1. The molecule has 0 aliphatic rings. The third kappa shape index (κ3) is 2.96. The number of thiazole rings is 2. The van der Waals surface area contributed by atoms with Crippen molar-refractivity contribution in [1.82, 2.24) is 9.97 Å². The molecule has 8 heteroatoms. The van der Waals surface area contributed by atoms with Gasteiger partial charge in [-0.2, -0.15) is 0 Å². The molecule has 5 nitrogen and oxygen atoms in total. The second-order valence-corrected chi connectivity index (χ2v) is 8.08. The van der Waals surface area contributed by atoms with Crippen LogP contribution in [0.3, 0.4) is 0 Å². The van der Waals surface area contributed by atoms with E-state index in [0.29, 0.717) is 20.6 Å². The molecule has 0 spiro atoms. The number of furan rings is 1. The summed E-state index contributed by atoms with van der Waals surface area (Å²) in [5, 5.41) is 0.758. The van der Waals surface area contributed by atoms with E-state index in [0.717, 1.165) is 10.2 Å². The van der Waals surface area contributed by atoms with Crippen LogP contribution in [0.25, 0.3) is 20.4 Å². The predicted octanol–water partition coefficient (Wildman–Crippen LogP) is 5.49. The van der Waals surface area contributed by atoms with Gasteiger partial charge in [0, 0.05) is 0 Å². The Balaban J connectivity index is 1.60. The molecule has 0 radical (unpaired) electrons. The Kier molecular flexibility index (Phi) is 4.14. The van der Waals surface area contributed by atoms with Gasteiger partial charge in [-0.1, -0.05) is 29.5 Å². The van der Waals surface area contributed by atoms with E-state index in [1.807, 2.05) is 24.3 Å². The highest BCUT2D eigenvalue weighted by Crippen LogP contribution is 2.33. The van der Waals surface area contributed by atoms with Gasteiger partial charge in [0.15, 0.2) is 10.1 Å². The summed E-state index contributed by atoms with van der Waals surface area (Å²) in [6.07, 6.45) is 1.55. The number of nitrogens with zero attached hydrogens (tertiary/aromatic N) is 3. The van der Waals surface area contributed by atoms with Gasteiger partial charge in [-0.25, -0.2) is 14.4 Å². The fourth-order valence-electron chi connectivity index (χ4n) is 2.88. The van der Waals surface area contributed by atoms with Crippen molar-refractivity contribution in [1.29, 1.82) is 0 Å². The van der Waals surface area contributed by atoms with E-state index in [2.05, 4.69) is 9.97 Å². The second-order valence-electron chi connectivity index (χ2n) is 6.04. The smallest absolute Gasteiger partial charge is 0.289 e. The van der Waals surface area contributed by atoms with Gasteiger partial charge in [0.1, 0.15) is 17.1 Å². The first kappa shape index (κ1) is 17.0. The Morgan fingerprint density at radius 3 is 2.64 bits per heavy atom. The maximum Gasteiger partial charge on any atom is 0.289 e. The molecular formula is C20H12FN3O2S2. The number of fused-ring (bicyclic) bond motifs is 2. The van der Waals surface area contributed by atoms with Gasteiger partial charge in [-0.15, -0.1) is 11.3 Å². The van der Waals surface area contributed by atoms with Gasteiger partial charge in [0.05, 0.1) is 27.7 Å². The van der Waals surface area contributed by atoms with E-state index in [1.54, 1.807) is 30.5 Å². The van der Waals surface area contributed by atoms with Crippen LogP contribution in [0.4, 0.5) is 9.52 Å². The third-order valence-electron chi connectivity index (χ3n) is 4.21. The molecule has 1 amide bonds. The van der Waals surface area contributed by atoms with Gasteiger partial charge in [0.25, 0.3) is 5.91 Å². The minimum atomic E-state index is -0.412. The molecule has 3 heterocycles. The van der Waals surface area contributed by atoms with E-state index in [4.69, 9.17) is 4.42 Å². The van der Waals surface area contributed by atoms with Crippen molar-refractivity contribution in [3.8, 4) is 0 Å². The van der Waals surface area contributed by atoms with E-state index >= 15 is 0 Å². The topological polar surface area (TPSA) is 59.2 Å². The molecule has 0 saturated heterocycles. The molecule has 0 N–H and O–H groups in total. The van der Waals surface area contributed by atoms with E-state index in [-0.39, 0.29) is 18.0 Å². The number of hydrogen-bond donors (Lipinski definition) is 0. The molecule has 2 aromatic carbocycles. The first-order valence-electron chi connectivity index (χ1n) is 8.44. The minimum Gasteiger partial charge on any atom is -0.467 e. The zero-order valence-electron chi connectivity index (χ0n) is 14.3. The lowest BCUT2D eigenvalue weighted by Crippen LogP contribution is -2.30. The molecule has 138 valence electrons. The number of carbonyl (C=O) groups is 1. The van der Waals surface area contributed by atoms with E-state index < -0.39 is 5.82 Å². The van der Waals surface area contributed by atoms with Gasteiger partial charge >= 0.3 is 0 Å². The number of carbonyl (C=O) groups excluding carboxylic acids is 1. The largest absolute Gasteiger partial charge is 0.467 e. The van der Waals surface area contributed by atoms with Gasteiger partial charge in [-0.3, -0.25) is 9.69 Å². The average molecular weight is 409 g/mol. The second kappa shape index (κ2) is 6.81. The number of halogens is 1. The average Bonchev–Trinajstić information content (AvgIpc) is 3.44. The highest BCUT2D eigenvalue weighted by Gasteiger charge is 2.26. The summed E-state index contributed by atoms with van der Waals surface area (Å²) < 4.78 is 21.1. The lowest BCUT2D eigenvalue weighted by Gasteiger charge is -2.17. The van der Waals surface area contributed by atoms with Gasteiger partial charge in [-0.05, 0) is 36.4 Å². The zero-order chi connectivity index (χ0) is 19.1. The van der Waals surface area contributed by atoms with E-state index in [1.165, 1.54) is 33.6 Å². The Bertz CT molecular complexity index is 1260. The SMILES string of the molecule is O=C(c1nc2ccccc2s1)N(Cc1ccco1)c1nc2c(F)cccc2s1. The van der Waals surface area contributed by atoms with Crippen LogP contribution in [0, 0.1) is 5.82 Å². The molecule has 5 rings (SSSR count). The summed E-state index contributed by atoms with van der Waals surface area (Å²) in [6, 6.07) is 15.9. The third-order valence-corrected chi connectivity index (χ3v) is 6.27. The number of hydrogen-bond acceptors (Lipinski definition) is 6. The summed E-state index contributed by atoms with van der Waals surface area (Å²) in [5.41, 5.74) is 1.02. The minimum absolute atomic E-state index is 0.184. The van der Waals surface area contributed by atoms with Crippen molar-refractivity contribution in [2.24, 2.45) is 0 Å².